The number of hydrogen-bond donors (Lipinski definition) is 0. The van der Waals surface area contributed by atoms with E-state index in [-0.39, 0.29) is 16.8 Å². The fourth-order valence-electron chi connectivity index (χ4n) is 2.76. The summed E-state index contributed by atoms with van der Waals surface area (Å²) in [6, 6.07) is 1.71. The monoisotopic (exact) mass is 415 g/mol. The van der Waals surface area contributed by atoms with Crippen LogP contribution in [0.5, 0.6) is 0 Å². The van der Waals surface area contributed by atoms with Crippen molar-refractivity contribution in [3.63, 3.8) is 0 Å². The van der Waals surface area contributed by atoms with Gasteiger partial charge >= 0.3 is 6.18 Å². The summed E-state index contributed by atoms with van der Waals surface area (Å²) in [6.07, 6.45) is -1.66. The Morgan fingerprint density at radius 3 is 2.28 bits per heavy atom. The Hall–Kier alpha value is -2.38. The van der Waals surface area contributed by atoms with E-state index in [0.717, 1.165) is 11.8 Å². The second kappa shape index (κ2) is 9.41. The van der Waals surface area contributed by atoms with Gasteiger partial charge in [-0.2, -0.15) is 18.2 Å². The lowest BCUT2D eigenvalue weighted by Gasteiger charge is -2.21. The third kappa shape index (κ3) is 7.18. The topological polar surface area (TPSA) is 39.3 Å². The lowest BCUT2D eigenvalue weighted by Crippen LogP contribution is -2.27. The SMILES string of the molecule is C\C=C/C=C(C(=O)/N=c1\cc(C(C)(C)C)n(C)n1CC(C)C)\C(F)=C\C(F)(F)F. The molecule has 0 bridgehead atoms. The van der Waals surface area contributed by atoms with Crippen LogP contribution >= 0.6 is 0 Å². The highest BCUT2D eigenvalue weighted by molar-refractivity contribution is 5.98. The number of nitrogens with zero attached hydrogens (tertiary/aromatic N) is 3. The van der Waals surface area contributed by atoms with Crippen molar-refractivity contribution in [2.24, 2.45) is 18.0 Å². The van der Waals surface area contributed by atoms with Crippen molar-refractivity contribution >= 4 is 5.91 Å². The Morgan fingerprint density at radius 1 is 1.24 bits per heavy atom. The molecule has 0 atom stereocenters. The van der Waals surface area contributed by atoms with Crippen LogP contribution in [0.25, 0.3) is 0 Å². The number of aromatic nitrogens is 2. The molecular weight excluding hydrogens is 386 g/mol. The Balaban J connectivity index is 3.64. The van der Waals surface area contributed by atoms with E-state index in [1.165, 1.54) is 12.2 Å². The van der Waals surface area contributed by atoms with E-state index in [4.69, 9.17) is 0 Å². The molecular formula is C21H29F4N3O. The van der Waals surface area contributed by atoms with Crippen LogP contribution in [0.1, 0.15) is 47.2 Å². The summed E-state index contributed by atoms with van der Waals surface area (Å²) >= 11 is 0. The Morgan fingerprint density at radius 2 is 1.83 bits per heavy atom. The molecule has 1 rings (SSSR count). The highest BCUT2D eigenvalue weighted by Gasteiger charge is 2.28. The van der Waals surface area contributed by atoms with Gasteiger partial charge in [0, 0.05) is 30.8 Å². The highest BCUT2D eigenvalue weighted by Crippen LogP contribution is 2.24. The molecule has 0 aliphatic carbocycles. The van der Waals surface area contributed by atoms with Crippen LogP contribution < -0.4 is 5.49 Å². The van der Waals surface area contributed by atoms with Crippen molar-refractivity contribution < 1.29 is 22.4 Å². The Labute approximate surface area is 168 Å². The van der Waals surface area contributed by atoms with Gasteiger partial charge in [-0.05, 0) is 18.9 Å². The molecule has 4 nitrogen and oxygen atoms in total. The highest BCUT2D eigenvalue weighted by atomic mass is 19.4. The van der Waals surface area contributed by atoms with E-state index < -0.39 is 29.6 Å². The van der Waals surface area contributed by atoms with E-state index in [1.54, 1.807) is 17.7 Å². The van der Waals surface area contributed by atoms with Gasteiger partial charge < -0.3 is 0 Å². The van der Waals surface area contributed by atoms with Gasteiger partial charge in [-0.25, -0.2) is 4.39 Å². The van der Waals surface area contributed by atoms with E-state index in [0.29, 0.717) is 6.54 Å². The van der Waals surface area contributed by atoms with E-state index in [2.05, 4.69) is 4.99 Å². The first-order valence-corrected chi connectivity index (χ1v) is 9.32. The standard InChI is InChI=1S/C21H29F4N3O/c1-8-9-10-15(16(22)12-21(23,24)25)19(29)26-18-11-17(20(4,5)6)27(7)28(18)13-14(2)3/h8-12,14H,13H2,1-7H3/b9-8-,15-10+,16-12-,26-18+. The maximum Gasteiger partial charge on any atom is 0.412 e. The van der Waals surface area contributed by atoms with Crippen LogP contribution in [0.4, 0.5) is 17.6 Å². The average Bonchev–Trinajstić information content (AvgIpc) is 2.82. The number of hydrogen-bond acceptors (Lipinski definition) is 1. The molecule has 0 unspecified atom stereocenters. The molecule has 0 radical (unpaired) electrons. The van der Waals surface area contributed by atoms with Crippen molar-refractivity contribution in [3.05, 3.63) is 53.0 Å². The predicted molar refractivity (Wildman–Crippen MR) is 106 cm³/mol. The lowest BCUT2D eigenvalue weighted by atomic mass is 9.92. The number of halogens is 4. The molecule has 0 aliphatic rings. The normalized spacial score (nSPS) is 15.1. The average molecular weight is 415 g/mol. The maximum absolute atomic E-state index is 14.2. The molecule has 162 valence electrons. The number of alkyl halides is 3. The van der Waals surface area contributed by atoms with Gasteiger partial charge in [0.15, 0.2) is 5.49 Å². The molecule has 8 heteroatoms. The van der Waals surface area contributed by atoms with Crippen LogP contribution in [0.3, 0.4) is 0 Å². The molecule has 0 saturated carbocycles. The third-order valence-corrected chi connectivity index (χ3v) is 4.00. The molecule has 0 aliphatic heterocycles. The Bertz CT molecular complexity index is 888. The zero-order valence-electron chi connectivity index (χ0n) is 17.9. The van der Waals surface area contributed by atoms with Gasteiger partial charge in [0.25, 0.3) is 5.91 Å². The molecule has 0 fully saturated rings. The Kier molecular flexibility index (Phi) is 8.00. The molecule has 0 aromatic carbocycles. The minimum atomic E-state index is -4.89. The van der Waals surface area contributed by atoms with Gasteiger partial charge in [-0.15, -0.1) is 0 Å². The van der Waals surface area contributed by atoms with Crippen molar-refractivity contribution in [3.8, 4) is 0 Å². The lowest BCUT2D eigenvalue weighted by molar-refractivity contribution is -0.114. The smallest absolute Gasteiger partial charge is 0.291 e. The van der Waals surface area contributed by atoms with E-state index >= 15 is 0 Å². The second-order valence-electron chi connectivity index (χ2n) is 8.19. The van der Waals surface area contributed by atoms with Gasteiger partial charge in [0.2, 0.25) is 0 Å². The summed E-state index contributed by atoms with van der Waals surface area (Å²) in [5, 5.41) is 0. The number of allylic oxidation sites excluding steroid dienone is 4. The molecule has 1 aromatic rings. The predicted octanol–water partition coefficient (Wildman–Crippen LogP) is 5.13. The zero-order valence-corrected chi connectivity index (χ0v) is 17.9. The van der Waals surface area contributed by atoms with Crippen LogP contribution in [0.15, 0.2) is 46.8 Å². The van der Waals surface area contributed by atoms with Gasteiger partial charge in [-0.3, -0.25) is 14.2 Å². The van der Waals surface area contributed by atoms with E-state index in [1.807, 2.05) is 46.3 Å². The molecule has 29 heavy (non-hydrogen) atoms. The molecule has 1 amide bonds. The first-order valence-electron chi connectivity index (χ1n) is 9.32. The third-order valence-electron chi connectivity index (χ3n) is 4.00. The maximum atomic E-state index is 14.2. The number of carbonyl (C=O) groups excluding carboxylic acids is 1. The van der Waals surface area contributed by atoms with Crippen molar-refractivity contribution in [1.82, 2.24) is 9.36 Å². The fraction of sp³-hybridized carbons (Fsp3) is 0.524. The quantitative estimate of drug-likeness (QED) is 0.374. The summed E-state index contributed by atoms with van der Waals surface area (Å²) < 4.78 is 55.5. The van der Waals surface area contributed by atoms with Gasteiger partial charge in [0.05, 0.1) is 11.6 Å². The number of amides is 1. The summed E-state index contributed by atoms with van der Waals surface area (Å²) in [5.41, 5.74) is 0.144. The van der Waals surface area contributed by atoms with Gasteiger partial charge in [-0.1, -0.05) is 46.8 Å². The van der Waals surface area contributed by atoms with Crippen molar-refractivity contribution in [2.75, 3.05) is 0 Å². The molecule has 1 heterocycles. The molecule has 0 N–H and O–H groups in total. The minimum Gasteiger partial charge on any atom is -0.291 e. The first-order chi connectivity index (χ1) is 13.2. The summed E-state index contributed by atoms with van der Waals surface area (Å²) in [4.78, 5) is 16.6. The molecule has 0 spiro atoms. The fourth-order valence-corrected chi connectivity index (χ4v) is 2.76. The van der Waals surface area contributed by atoms with Crippen molar-refractivity contribution in [2.45, 2.75) is 59.7 Å². The first kappa shape index (κ1) is 24.7. The number of rotatable bonds is 5. The zero-order chi connectivity index (χ0) is 22.6. The van der Waals surface area contributed by atoms with Crippen molar-refractivity contribution in [1.29, 1.82) is 0 Å². The summed E-state index contributed by atoms with van der Waals surface area (Å²) in [7, 11) is 1.83. The van der Waals surface area contributed by atoms with Gasteiger partial charge in [0.1, 0.15) is 5.83 Å². The number of carbonyl (C=O) groups is 1. The minimum absolute atomic E-state index is 0.227. The van der Waals surface area contributed by atoms with Crippen LogP contribution in [-0.2, 0) is 23.8 Å². The largest absolute Gasteiger partial charge is 0.412 e. The van der Waals surface area contributed by atoms with Crippen LogP contribution in [0, 0.1) is 5.92 Å². The van der Waals surface area contributed by atoms with Crippen LogP contribution in [-0.4, -0.2) is 21.4 Å². The molecule has 0 saturated heterocycles. The van der Waals surface area contributed by atoms with Crippen LogP contribution in [0.2, 0.25) is 0 Å². The summed E-state index contributed by atoms with van der Waals surface area (Å²) in [6.45, 7) is 12.1. The molecule has 1 aromatic heterocycles. The van der Waals surface area contributed by atoms with E-state index in [9.17, 15) is 22.4 Å². The second-order valence-corrected chi connectivity index (χ2v) is 8.19. The summed E-state index contributed by atoms with van der Waals surface area (Å²) in [5.74, 6) is -2.53.